The molecule has 1 aromatic rings. The zero-order chi connectivity index (χ0) is 14.3. The van der Waals surface area contributed by atoms with Gasteiger partial charge in [0.05, 0.1) is 12.1 Å². The first-order chi connectivity index (χ1) is 9.51. The molecule has 0 saturated heterocycles. The number of hydrogen-bond donors (Lipinski definition) is 1. The minimum Gasteiger partial charge on any atom is -0.334 e. The van der Waals surface area contributed by atoms with Crippen LogP contribution < -0.4 is 5.73 Å². The van der Waals surface area contributed by atoms with Gasteiger partial charge >= 0.3 is 0 Å². The van der Waals surface area contributed by atoms with Crippen LogP contribution in [0.15, 0.2) is 18.2 Å². The smallest absolute Gasteiger partial charge is 0.243 e. The molecule has 0 spiro atoms. The predicted molar refractivity (Wildman–Crippen MR) is 75.8 cm³/mol. The van der Waals surface area contributed by atoms with Gasteiger partial charge in [0.2, 0.25) is 5.91 Å². The van der Waals surface area contributed by atoms with Gasteiger partial charge in [-0.2, -0.15) is 0 Å². The van der Waals surface area contributed by atoms with Crippen molar-refractivity contribution in [3.63, 3.8) is 0 Å². The van der Waals surface area contributed by atoms with Crippen molar-refractivity contribution < 1.29 is 9.18 Å². The van der Waals surface area contributed by atoms with E-state index in [1.54, 1.807) is 17.0 Å². The molecule has 2 saturated carbocycles. The maximum absolute atomic E-state index is 13.9. The third kappa shape index (κ3) is 2.42. The Hall–Kier alpha value is -1.13. The van der Waals surface area contributed by atoms with Crippen LogP contribution in [0.5, 0.6) is 0 Å². The first-order valence-electron chi connectivity index (χ1n) is 7.04. The van der Waals surface area contributed by atoms with E-state index >= 15 is 0 Å². The molecule has 0 radical (unpaired) electrons. The zero-order valence-electron chi connectivity index (χ0n) is 11.2. The van der Waals surface area contributed by atoms with Crippen molar-refractivity contribution in [1.82, 2.24) is 4.90 Å². The molecule has 2 aliphatic carbocycles. The van der Waals surface area contributed by atoms with Crippen molar-refractivity contribution in [3.8, 4) is 0 Å². The molecule has 0 unspecified atom stereocenters. The van der Waals surface area contributed by atoms with Crippen LogP contribution >= 0.6 is 11.6 Å². The van der Waals surface area contributed by atoms with Gasteiger partial charge in [-0.05, 0) is 44.2 Å². The number of nitrogens with two attached hydrogens (primary N) is 1. The Balaban J connectivity index is 1.83. The Kier molecular flexibility index (Phi) is 3.46. The van der Waals surface area contributed by atoms with Crippen molar-refractivity contribution in [2.75, 3.05) is 0 Å². The van der Waals surface area contributed by atoms with Gasteiger partial charge in [0, 0.05) is 16.6 Å². The van der Waals surface area contributed by atoms with E-state index in [-0.39, 0.29) is 24.3 Å². The third-order valence-corrected chi connectivity index (χ3v) is 4.66. The summed E-state index contributed by atoms with van der Waals surface area (Å²) in [5.41, 5.74) is 5.78. The summed E-state index contributed by atoms with van der Waals surface area (Å²) < 4.78 is 13.9. The van der Waals surface area contributed by atoms with Crippen LogP contribution in [-0.4, -0.2) is 22.4 Å². The highest BCUT2D eigenvalue weighted by Crippen LogP contribution is 2.37. The van der Waals surface area contributed by atoms with Crippen LogP contribution in [-0.2, 0) is 11.3 Å². The largest absolute Gasteiger partial charge is 0.334 e. The highest BCUT2D eigenvalue weighted by atomic mass is 35.5. The van der Waals surface area contributed by atoms with Crippen molar-refractivity contribution in [3.05, 3.63) is 34.6 Å². The summed E-state index contributed by atoms with van der Waals surface area (Å²) in [6.45, 7) is 0.216. The summed E-state index contributed by atoms with van der Waals surface area (Å²) in [5, 5.41) is 0.364. The van der Waals surface area contributed by atoms with Gasteiger partial charge in [0.25, 0.3) is 0 Å². The number of benzene rings is 1. The quantitative estimate of drug-likeness (QED) is 0.928. The van der Waals surface area contributed by atoms with Gasteiger partial charge in [-0.15, -0.1) is 0 Å². The molecule has 5 heteroatoms. The normalized spacial score (nSPS) is 20.4. The summed E-state index contributed by atoms with van der Waals surface area (Å²) in [4.78, 5) is 14.3. The van der Waals surface area contributed by atoms with Crippen molar-refractivity contribution in [2.24, 2.45) is 5.73 Å². The highest BCUT2D eigenvalue weighted by molar-refractivity contribution is 6.31. The molecule has 3 nitrogen and oxygen atoms in total. The fraction of sp³-hybridized carbons (Fsp3) is 0.533. The monoisotopic (exact) mass is 296 g/mol. The summed E-state index contributed by atoms with van der Waals surface area (Å²) in [5.74, 6) is -0.416. The van der Waals surface area contributed by atoms with Crippen LogP contribution in [0.1, 0.15) is 37.7 Å². The molecule has 1 aromatic carbocycles. The van der Waals surface area contributed by atoms with E-state index in [1.165, 1.54) is 6.07 Å². The standard InChI is InChI=1S/C15H18ClFN2O/c16-12-3-1-4-13(17)11(12)9-19(10-5-6-10)14(20)15(18)7-2-8-15/h1,3-4,10H,2,5-9,18H2. The highest BCUT2D eigenvalue weighted by Gasteiger charge is 2.46. The van der Waals surface area contributed by atoms with Crippen LogP contribution in [0.2, 0.25) is 5.02 Å². The second-order valence-corrected chi connectivity index (χ2v) is 6.28. The topological polar surface area (TPSA) is 46.3 Å². The lowest BCUT2D eigenvalue weighted by molar-refractivity contribution is -0.141. The zero-order valence-corrected chi connectivity index (χ0v) is 12.0. The van der Waals surface area contributed by atoms with E-state index in [2.05, 4.69) is 0 Å². The van der Waals surface area contributed by atoms with Crippen LogP contribution in [0.4, 0.5) is 4.39 Å². The Morgan fingerprint density at radius 1 is 1.45 bits per heavy atom. The molecule has 0 atom stereocenters. The lowest BCUT2D eigenvalue weighted by Gasteiger charge is -2.40. The van der Waals surface area contributed by atoms with E-state index < -0.39 is 5.54 Å². The molecular formula is C15H18ClFN2O. The lowest BCUT2D eigenvalue weighted by atomic mass is 9.76. The molecule has 2 aliphatic rings. The third-order valence-electron chi connectivity index (χ3n) is 4.31. The van der Waals surface area contributed by atoms with E-state index in [1.807, 2.05) is 0 Å². The SMILES string of the molecule is NC1(C(=O)N(Cc2c(F)cccc2Cl)C2CC2)CCC1. The van der Waals surface area contributed by atoms with E-state index in [0.717, 1.165) is 32.1 Å². The second kappa shape index (κ2) is 5.01. The number of carbonyl (C=O) groups is 1. The molecule has 0 aliphatic heterocycles. The summed E-state index contributed by atoms with van der Waals surface area (Å²) in [6.07, 6.45) is 4.36. The predicted octanol–water partition coefficient (Wildman–Crippen LogP) is 2.85. The molecule has 3 rings (SSSR count). The maximum atomic E-state index is 13.9. The average Bonchev–Trinajstić information content (AvgIpc) is 3.19. The molecule has 2 N–H and O–H groups in total. The maximum Gasteiger partial charge on any atom is 0.243 e. The number of nitrogens with zero attached hydrogens (tertiary/aromatic N) is 1. The molecule has 20 heavy (non-hydrogen) atoms. The lowest BCUT2D eigenvalue weighted by Crippen LogP contribution is -2.59. The van der Waals surface area contributed by atoms with Gasteiger partial charge < -0.3 is 10.6 Å². The fourth-order valence-electron chi connectivity index (χ4n) is 2.66. The summed E-state index contributed by atoms with van der Waals surface area (Å²) in [6, 6.07) is 4.79. The Labute approximate surface area is 122 Å². The molecule has 1 amide bonds. The van der Waals surface area contributed by atoms with Crippen molar-refractivity contribution in [2.45, 2.75) is 50.2 Å². The molecule has 0 heterocycles. The Morgan fingerprint density at radius 3 is 2.65 bits per heavy atom. The Bertz CT molecular complexity index is 520. The van der Waals surface area contributed by atoms with Crippen LogP contribution in [0.3, 0.4) is 0 Å². The van der Waals surface area contributed by atoms with E-state index in [0.29, 0.717) is 10.6 Å². The summed E-state index contributed by atoms with van der Waals surface area (Å²) in [7, 11) is 0. The molecule has 0 aromatic heterocycles. The summed E-state index contributed by atoms with van der Waals surface area (Å²) >= 11 is 6.06. The van der Waals surface area contributed by atoms with Crippen molar-refractivity contribution in [1.29, 1.82) is 0 Å². The minimum atomic E-state index is -0.736. The van der Waals surface area contributed by atoms with E-state index in [9.17, 15) is 9.18 Å². The van der Waals surface area contributed by atoms with Gasteiger partial charge in [-0.3, -0.25) is 4.79 Å². The molecule has 2 fully saturated rings. The number of hydrogen-bond acceptors (Lipinski definition) is 2. The number of carbonyl (C=O) groups excluding carboxylic acids is 1. The number of halogens is 2. The van der Waals surface area contributed by atoms with E-state index in [4.69, 9.17) is 17.3 Å². The van der Waals surface area contributed by atoms with Gasteiger partial charge in [-0.1, -0.05) is 17.7 Å². The van der Waals surface area contributed by atoms with Gasteiger partial charge in [-0.25, -0.2) is 4.39 Å². The average molecular weight is 297 g/mol. The molecule has 108 valence electrons. The fourth-order valence-corrected chi connectivity index (χ4v) is 2.89. The number of rotatable bonds is 4. The Morgan fingerprint density at radius 2 is 2.15 bits per heavy atom. The van der Waals surface area contributed by atoms with Crippen LogP contribution in [0.25, 0.3) is 0 Å². The van der Waals surface area contributed by atoms with Crippen LogP contribution in [0, 0.1) is 5.82 Å². The first kappa shape index (κ1) is 13.8. The first-order valence-corrected chi connectivity index (χ1v) is 7.42. The van der Waals surface area contributed by atoms with Gasteiger partial charge in [0.15, 0.2) is 0 Å². The van der Waals surface area contributed by atoms with Crippen molar-refractivity contribution >= 4 is 17.5 Å². The molecular weight excluding hydrogens is 279 g/mol. The molecule has 0 bridgehead atoms. The number of amides is 1. The van der Waals surface area contributed by atoms with Gasteiger partial charge in [0.1, 0.15) is 5.82 Å². The minimum absolute atomic E-state index is 0.0504. The second-order valence-electron chi connectivity index (χ2n) is 5.87.